The van der Waals surface area contributed by atoms with Crippen molar-refractivity contribution in [2.75, 3.05) is 31.6 Å². The molecular weight excluding hydrogens is 421 g/mol. The van der Waals surface area contributed by atoms with Crippen LogP contribution in [0.4, 0.5) is 19.1 Å². The van der Waals surface area contributed by atoms with Gasteiger partial charge >= 0.3 is 12.1 Å². The minimum Gasteiger partial charge on any atom is -0.475 e. The van der Waals surface area contributed by atoms with Gasteiger partial charge in [0.2, 0.25) is 5.95 Å². The van der Waals surface area contributed by atoms with E-state index in [0.29, 0.717) is 36.6 Å². The normalized spacial score (nSPS) is 22.8. The lowest BCUT2D eigenvalue weighted by atomic mass is 9.84. The second-order valence-electron chi connectivity index (χ2n) is 7.07. The van der Waals surface area contributed by atoms with Gasteiger partial charge in [0.05, 0.1) is 19.0 Å². The number of ether oxygens (including phenoxy) is 1. The molecule has 0 unspecified atom stereocenters. The number of alkyl halides is 3. The highest BCUT2D eigenvalue weighted by Gasteiger charge is 2.42. The van der Waals surface area contributed by atoms with E-state index in [2.05, 4.69) is 15.3 Å². The molecular formula is C19H21F3N4O5. The number of nitrogens with one attached hydrogen (secondary N) is 1. The third-order valence-electron chi connectivity index (χ3n) is 5.10. The van der Waals surface area contributed by atoms with Gasteiger partial charge in [-0.15, -0.1) is 0 Å². The molecule has 0 aliphatic carbocycles. The number of carbonyl (C=O) groups is 2. The standard InChI is InChI=1S/C17H20N4O3.C2HF3O2/c22-16(14-3-1-8-23-14)21-7-4-12-11-24-15(13(12)10-21)9-20-17-18-5-2-6-19-17;3-2(4,5)1(6)7/h1-3,5-6,8,12-13,15H,4,7,9-11H2,(H,18,19,20);(H,6,7)/t12-,13-,15+;/m0./s1. The highest BCUT2D eigenvalue weighted by atomic mass is 19.4. The third-order valence-corrected chi connectivity index (χ3v) is 5.10. The van der Waals surface area contributed by atoms with Crippen LogP contribution in [0.1, 0.15) is 17.0 Å². The average molecular weight is 442 g/mol. The van der Waals surface area contributed by atoms with Crippen LogP contribution in [-0.2, 0) is 9.53 Å². The molecule has 4 rings (SSSR count). The van der Waals surface area contributed by atoms with Gasteiger partial charge in [-0.1, -0.05) is 0 Å². The van der Waals surface area contributed by atoms with E-state index >= 15 is 0 Å². The lowest BCUT2D eigenvalue weighted by molar-refractivity contribution is -0.192. The molecule has 2 aromatic heterocycles. The first-order valence-electron chi connectivity index (χ1n) is 9.51. The lowest BCUT2D eigenvalue weighted by Crippen LogP contribution is -2.46. The van der Waals surface area contributed by atoms with E-state index < -0.39 is 12.1 Å². The maximum Gasteiger partial charge on any atom is 0.490 e. The lowest BCUT2D eigenvalue weighted by Gasteiger charge is -2.35. The molecule has 0 spiro atoms. The summed E-state index contributed by atoms with van der Waals surface area (Å²) in [6, 6.07) is 5.24. The van der Waals surface area contributed by atoms with Gasteiger partial charge in [-0.2, -0.15) is 13.2 Å². The third kappa shape index (κ3) is 5.94. The zero-order valence-electron chi connectivity index (χ0n) is 16.3. The highest BCUT2D eigenvalue weighted by molar-refractivity contribution is 5.91. The van der Waals surface area contributed by atoms with Crippen LogP contribution in [0.15, 0.2) is 41.3 Å². The number of hydrogen-bond donors (Lipinski definition) is 2. The van der Waals surface area contributed by atoms with Gasteiger partial charge in [0.25, 0.3) is 5.91 Å². The Morgan fingerprint density at radius 2 is 1.97 bits per heavy atom. The summed E-state index contributed by atoms with van der Waals surface area (Å²) in [5, 5.41) is 10.3. The number of amides is 1. The fourth-order valence-corrected chi connectivity index (χ4v) is 3.56. The number of furan rings is 1. The van der Waals surface area contributed by atoms with Crippen LogP contribution in [0, 0.1) is 11.8 Å². The van der Waals surface area contributed by atoms with Crippen LogP contribution in [0.3, 0.4) is 0 Å². The molecule has 31 heavy (non-hydrogen) atoms. The predicted molar refractivity (Wildman–Crippen MR) is 100 cm³/mol. The summed E-state index contributed by atoms with van der Waals surface area (Å²) in [5.41, 5.74) is 0. The molecule has 0 saturated carbocycles. The molecule has 2 aliphatic rings. The van der Waals surface area contributed by atoms with Crippen molar-refractivity contribution in [3.05, 3.63) is 42.6 Å². The van der Waals surface area contributed by atoms with E-state index in [1.807, 2.05) is 4.90 Å². The number of hydrogen-bond acceptors (Lipinski definition) is 7. The van der Waals surface area contributed by atoms with Crippen molar-refractivity contribution < 1.29 is 37.0 Å². The highest BCUT2D eigenvalue weighted by Crippen LogP contribution is 2.34. The molecule has 2 aliphatic heterocycles. The molecule has 0 bridgehead atoms. The summed E-state index contributed by atoms with van der Waals surface area (Å²) in [4.78, 5) is 31.6. The van der Waals surface area contributed by atoms with E-state index in [1.165, 1.54) is 6.26 Å². The number of carboxylic acids is 1. The average Bonchev–Trinajstić information content (AvgIpc) is 3.42. The van der Waals surface area contributed by atoms with Crippen LogP contribution in [0.5, 0.6) is 0 Å². The number of fused-ring (bicyclic) bond motifs is 1. The number of carbonyl (C=O) groups excluding carboxylic acids is 1. The van der Waals surface area contributed by atoms with Gasteiger partial charge in [0.1, 0.15) is 0 Å². The van der Waals surface area contributed by atoms with Crippen LogP contribution < -0.4 is 5.32 Å². The Morgan fingerprint density at radius 1 is 1.26 bits per heavy atom. The molecule has 2 N–H and O–H groups in total. The van der Waals surface area contributed by atoms with Crippen molar-refractivity contribution in [3.8, 4) is 0 Å². The van der Waals surface area contributed by atoms with Crippen molar-refractivity contribution in [2.24, 2.45) is 11.8 Å². The van der Waals surface area contributed by atoms with Gasteiger partial charge in [-0.3, -0.25) is 4.79 Å². The monoisotopic (exact) mass is 442 g/mol. The molecule has 1 amide bonds. The van der Waals surface area contributed by atoms with Crippen molar-refractivity contribution in [1.29, 1.82) is 0 Å². The molecule has 12 heteroatoms. The Kier molecular flexibility index (Phi) is 7.10. The van der Waals surface area contributed by atoms with Gasteiger partial charge in [-0.25, -0.2) is 14.8 Å². The summed E-state index contributed by atoms with van der Waals surface area (Å²) in [6.45, 7) is 2.86. The summed E-state index contributed by atoms with van der Waals surface area (Å²) in [6.07, 6.45) is 0.891. The molecule has 2 saturated heterocycles. The van der Waals surface area contributed by atoms with Crippen LogP contribution >= 0.6 is 0 Å². The Labute approximate surface area is 175 Å². The second kappa shape index (κ2) is 9.77. The fraction of sp³-hybridized carbons (Fsp3) is 0.474. The van der Waals surface area contributed by atoms with Gasteiger partial charge in [-0.05, 0) is 30.5 Å². The molecule has 168 valence electrons. The maximum absolute atomic E-state index is 12.5. The second-order valence-corrected chi connectivity index (χ2v) is 7.07. The van der Waals surface area contributed by atoms with Gasteiger partial charge < -0.3 is 24.5 Å². The number of likely N-dealkylation sites (tertiary alicyclic amines) is 1. The maximum atomic E-state index is 12.5. The quantitative estimate of drug-likeness (QED) is 0.741. The van der Waals surface area contributed by atoms with Crippen molar-refractivity contribution >= 4 is 17.8 Å². The minimum atomic E-state index is -5.08. The number of nitrogens with zero attached hydrogens (tertiary/aromatic N) is 3. The van der Waals surface area contributed by atoms with E-state index in [-0.39, 0.29) is 12.0 Å². The predicted octanol–water partition coefficient (Wildman–Crippen LogP) is 2.29. The summed E-state index contributed by atoms with van der Waals surface area (Å²) < 4.78 is 42.9. The number of carboxylic acid groups (broad SMARTS) is 1. The number of aliphatic carboxylic acids is 1. The molecule has 3 atom stereocenters. The topological polar surface area (TPSA) is 118 Å². The first-order chi connectivity index (χ1) is 14.8. The van der Waals surface area contributed by atoms with E-state index in [9.17, 15) is 18.0 Å². The Balaban J connectivity index is 0.000000339. The number of rotatable bonds is 4. The summed E-state index contributed by atoms with van der Waals surface area (Å²) in [7, 11) is 0. The van der Waals surface area contributed by atoms with E-state index in [4.69, 9.17) is 19.1 Å². The first kappa shape index (κ1) is 22.5. The van der Waals surface area contributed by atoms with Crippen molar-refractivity contribution in [3.63, 3.8) is 0 Å². The molecule has 2 aromatic rings. The number of halogens is 3. The smallest absolute Gasteiger partial charge is 0.475 e. The van der Waals surface area contributed by atoms with Crippen LogP contribution in [-0.4, -0.2) is 70.4 Å². The van der Waals surface area contributed by atoms with E-state index in [1.54, 1.807) is 30.6 Å². The molecule has 2 fully saturated rings. The van der Waals surface area contributed by atoms with Crippen LogP contribution in [0.25, 0.3) is 0 Å². The SMILES string of the molecule is O=C(O)C(F)(F)F.O=C(c1ccco1)N1CC[C@H]2CO[C@H](CNc3ncccn3)[C@H]2C1. The number of anilines is 1. The fourth-order valence-electron chi connectivity index (χ4n) is 3.56. The van der Waals surface area contributed by atoms with Gasteiger partial charge in [0.15, 0.2) is 5.76 Å². The van der Waals surface area contributed by atoms with Gasteiger partial charge in [0, 0.05) is 37.9 Å². The summed E-state index contributed by atoms with van der Waals surface area (Å²) >= 11 is 0. The zero-order chi connectivity index (χ0) is 22.4. The van der Waals surface area contributed by atoms with Crippen molar-refractivity contribution in [2.45, 2.75) is 18.7 Å². The molecule has 4 heterocycles. The molecule has 0 aromatic carbocycles. The Hall–Kier alpha value is -3.15. The van der Waals surface area contributed by atoms with Crippen molar-refractivity contribution in [1.82, 2.24) is 14.9 Å². The zero-order valence-corrected chi connectivity index (χ0v) is 16.3. The first-order valence-corrected chi connectivity index (χ1v) is 9.51. The molecule has 9 nitrogen and oxygen atoms in total. The Morgan fingerprint density at radius 3 is 2.58 bits per heavy atom. The minimum absolute atomic E-state index is 0.0385. The molecule has 0 radical (unpaired) electrons. The van der Waals surface area contributed by atoms with Crippen LogP contribution in [0.2, 0.25) is 0 Å². The largest absolute Gasteiger partial charge is 0.490 e. The number of piperidine rings is 1. The number of aromatic nitrogens is 2. The summed E-state index contributed by atoms with van der Waals surface area (Å²) in [5.74, 6) is -0.956. The van der Waals surface area contributed by atoms with E-state index in [0.717, 1.165) is 19.6 Å². The Bertz CT molecular complexity index is 863.